The molecule has 0 bridgehead atoms. The number of benzene rings is 1. The number of nitrogens with one attached hydrogen (secondary N) is 1. The van der Waals surface area contributed by atoms with Gasteiger partial charge in [-0.25, -0.2) is 9.50 Å². The number of halogens is 5. The molecule has 30 heavy (non-hydrogen) atoms. The number of rotatable bonds is 5. The van der Waals surface area contributed by atoms with Crippen LogP contribution in [0.1, 0.15) is 52.4 Å². The van der Waals surface area contributed by atoms with Gasteiger partial charge < -0.3 is 5.32 Å². The molecule has 0 radical (unpaired) electrons. The van der Waals surface area contributed by atoms with Gasteiger partial charge in [0, 0.05) is 11.8 Å². The first-order valence-corrected chi connectivity index (χ1v) is 9.14. The average molecular weight is 426 g/mol. The molecule has 1 atom stereocenters. The predicted molar refractivity (Wildman–Crippen MR) is 99.4 cm³/mol. The Morgan fingerprint density at radius 1 is 1.10 bits per heavy atom. The van der Waals surface area contributed by atoms with E-state index < -0.39 is 23.7 Å². The summed E-state index contributed by atoms with van der Waals surface area (Å²) in [7, 11) is 0. The van der Waals surface area contributed by atoms with Gasteiger partial charge in [0.2, 0.25) is 0 Å². The van der Waals surface area contributed by atoms with E-state index in [2.05, 4.69) is 15.4 Å². The second-order valence-corrected chi connectivity index (χ2v) is 7.00. The van der Waals surface area contributed by atoms with E-state index in [4.69, 9.17) is 0 Å². The number of fused-ring (bicyclic) bond motifs is 1. The third-order valence-corrected chi connectivity index (χ3v) is 4.66. The minimum absolute atomic E-state index is 0.0561. The lowest BCUT2D eigenvalue weighted by atomic mass is 10.0. The van der Waals surface area contributed by atoms with E-state index in [-0.39, 0.29) is 23.1 Å². The van der Waals surface area contributed by atoms with E-state index in [1.165, 1.54) is 6.92 Å². The number of amides is 1. The molecule has 0 saturated carbocycles. The molecule has 160 valence electrons. The van der Waals surface area contributed by atoms with Gasteiger partial charge in [0.1, 0.15) is 5.69 Å². The van der Waals surface area contributed by atoms with Crippen LogP contribution in [0.25, 0.3) is 5.65 Å². The summed E-state index contributed by atoms with van der Waals surface area (Å²) >= 11 is 0. The summed E-state index contributed by atoms with van der Waals surface area (Å²) in [6.45, 7) is 5.05. The molecule has 1 unspecified atom stereocenters. The fraction of sp³-hybridized carbons (Fsp3) is 0.350. The Bertz CT molecular complexity index is 1070. The number of hydrogen-bond acceptors (Lipinski definition) is 3. The summed E-state index contributed by atoms with van der Waals surface area (Å²) in [5, 5.41) is 6.42. The van der Waals surface area contributed by atoms with Crippen LogP contribution in [0.4, 0.5) is 22.0 Å². The number of carbonyl (C=O) groups is 1. The first kappa shape index (κ1) is 21.7. The third kappa shape index (κ3) is 3.99. The van der Waals surface area contributed by atoms with Crippen molar-refractivity contribution in [3.8, 4) is 0 Å². The summed E-state index contributed by atoms with van der Waals surface area (Å²) in [5.74, 6) is -5.86. The molecule has 0 spiro atoms. The Hall–Kier alpha value is -3.04. The van der Waals surface area contributed by atoms with E-state index in [9.17, 15) is 26.7 Å². The molecule has 1 amide bonds. The van der Waals surface area contributed by atoms with Crippen molar-refractivity contribution in [2.24, 2.45) is 0 Å². The van der Waals surface area contributed by atoms with E-state index in [0.29, 0.717) is 17.0 Å². The second kappa shape index (κ2) is 7.66. The normalized spacial score (nSPS) is 13.5. The van der Waals surface area contributed by atoms with Crippen molar-refractivity contribution in [1.82, 2.24) is 19.9 Å². The maximum Gasteiger partial charge on any atom is 0.459 e. The molecule has 0 saturated heterocycles. The molecule has 10 heteroatoms. The second-order valence-electron chi connectivity index (χ2n) is 7.00. The Morgan fingerprint density at radius 3 is 2.30 bits per heavy atom. The Labute approximate surface area is 168 Å². The Morgan fingerprint density at radius 2 is 1.73 bits per heavy atom. The van der Waals surface area contributed by atoms with Crippen LogP contribution in [0.3, 0.4) is 0 Å². The molecule has 1 N–H and O–H groups in total. The molecule has 2 aromatic heterocycles. The number of aryl methyl sites for hydroxylation is 2. The van der Waals surface area contributed by atoms with E-state index in [1.807, 2.05) is 38.1 Å². The zero-order valence-electron chi connectivity index (χ0n) is 16.4. The van der Waals surface area contributed by atoms with Crippen molar-refractivity contribution in [1.29, 1.82) is 0 Å². The van der Waals surface area contributed by atoms with Gasteiger partial charge in [-0.2, -0.15) is 27.1 Å². The van der Waals surface area contributed by atoms with Crippen LogP contribution < -0.4 is 5.32 Å². The fourth-order valence-corrected chi connectivity index (χ4v) is 3.03. The van der Waals surface area contributed by atoms with Crippen LogP contribution in [-0.4, -0.2) is 26.7 Å². The highest BCUT2D eigenvalue weighted by Gasteiger charge is 2.60. The number of hydrogen-bond donors (Lipinski definition) is 1. The summed E-state index contributed by atoms with van der Waals surface area (Å²) in [4.78, 5) is 16.6. The van der Waals surface area contributed by atoms with Crippen molar-refractivity contribution in [3.63, 3.8) is 0 Å². The number of aromatic nitrogens is 3. The van der Waals surface area contributed by atoms with Crippen LogP contribution in [0.15, 0.2) is 36.4 Å². The quantitative estimate of drug-likeness (QED) is 0.592. The molecule has 0 aliphatic carbocycles. The van der Waals surface area contributed by atoms with Gasteiger partial charge in [-0.1, -0.05) is 36.8 Å². The smallest absolute Gasteiger partial charge is 0.344 e. The molecule has 2 heterocycles. The monoisotopic (exact) mass is 426 g/mol. The maximum atomic E-state index is 14.0. The van der Waals surface area contributed by atoms with E-state index in [0.717, 1.165) is 17.2 Å². The number of carbonyl (C=O) groups excluding carboxylic acids is 1. The van der Waals surface area contributed by atoms with Crippen molar-refractivity contribution < 1.29 is 26.7 Å². The maximum absolute atomic E-state index is 14.0. The summed E-state index contributed by atoms with van der Waals surface area (Å²) < 4.78 is 67.0. The molecule has 1 aromatic carbocycles. The van der Waals surface area contributed by atoms with Gasteiger partial charge in [0.05, 0.1) is 6.04 Å². The van der Waals surface area contributed by atoms with Gasteiger partial charge in [-0.3, -0.25) is 4.79 Å². The highest BCUT2D eigenvalue weighted by Crippen LogP contribution is 2.43. The zero-order chi connectivity index (χ0) is 22.3. The lowest BCUT2D eigenvalue weighted by Crippen LogP contribution is -2.36. The molecule has 3 rings (SSSR count). The lowest BCUT2D eigenvalue weighted by Gasteiger charge is -2.20. The zero-order valence-corrected chi connectivity index (χ0v) is 16.4. The number of alkyl halides is 5. The number of nitrogens with zero attached hydrogens (tertiary/aromatic N) is 3. The van der Waals surface area contributed by atoms with Crippen LogP contribution in [-0.2, 0) is 5.92 Å². The van der Waals surface area contributed by atoms with Crippen molar-refractivity contribution >= 4 is 11.6 Å². The highest BCUT2D eigenvalue weighted by atomic mass is 19.4. The van der Waals surface area contributed by atoms with Crippen LogP contribution >= 0.6 is 0 Å². The Balaban J connectivity index is 1.98. The first-order chi connectivity index (χ1) is 13.9. The van der Waals surface area contributed by atoms with Gasteiger partial charge in [0.25, 0.3) is 5.91 Å². The minimum Gasteiger partial charge on any atom is -0.344 e. The summed E-state index contributed by atoms with van der Waals surface area (Å²) in [5.41, 5.74) is -0.167. The van der Waals surface area contributed by atoms with Gasteiger partial charge in [0.15, 0.2) is 11.3 Å². The largest absolute Gasteiger partial charge is 0.459 e. The van der Waals surface area contributed by atoms with E-state index in [1.54, 1.807) is 0 Å². The SMILES string of the molecule is CCC(NC(=O)c1cc2nc(C)cc(C(F)(F)C(F)(F)F)n2n1)c1ccc(C)cc1. The standard InChI is InChI=1S/C20H19F5N4O/c1-4-14(13-7-5-11(2)6-8-13)27-18(30)15-10-17-26-12(3)9-16(29(17)28-15)19(21,22)20(23,24)25/h5-10,14H,4H2,1-3H3,(H,27,30). The summed E-state index contributed by atoms with van der Waals surface area (Å²) in [6, 6.07) is 8.77. The molecule has 0 fully saturated rings. The fourth-order valence-electron chi connectivity index (χ4n) is 3.03. The van der Waals surface area contributed by atoms with Crippen LogP contribution in [0.5, 0.6) is 0 Å². The van der Waals surface area contributed by atoms with Gasteiger partial charge in [-0.15, -0.1) is 0 Å². The highest BCUT2D eigenvalue weighted by molar-refractivity contribution is 5.93. The first-order valence-electron chi connectivity index (χ1n) is 9.14. The summed E-state index contributed by atoms with van der Waals surface area (Å²) in [6.07, 6.45) is -5.28. The third-order valence-electron chi connectivity index (χ3n) is 4.66. The van der Waals surface area contributed by atoms with E-state index >= 15 is 0 Å². The molecule has 0 aliphatic heterocycles. The molecular weight excluding hydrogens is 407 g/mol. The lowest BCUT2D eigenvalue weighted by molar-refractivity contribution is -0.291. The van der Waals surface area contributed by atoms with Gasteiger partial charge in [-0.05, 0) is 31.9 Å². The molecule has 0 aliphatic rings. The van der Waals surface area contributed by atoms with Crippen molar-refractivity contribution in [2.45, 2.75) is 45.3 Å². The minimum atomic E-state index is -5.82. The molecule has 5 nitrogen and oxygen atoms in total. The molecule has 3 aromatic rings. The predicted octanol–water partition coefficient (Wildman–Crippen LogP) is 4.88. The topological polar surface area (TPSA) is 59.3 Å². The van der Waals surface area contributed by atoms with Gasteiger partial charge >= 0.3 is 12.1 Å². The average Bonchev–Trinajstić information content (AvgIpc) is 3.09. The van der Waals surface area contributed by atoms with Crippen LogP contribution in [0, 0.1) is 13.8 Å². The van der Waals surface area contributed by atoms with Crippen molar-refractivity contribution in [3.05, 3.63) is 64.6 Å². The van der Waals surface area contributed by atoms with Crippen LogP contribution in [0.2, 0.25) is 0 Å². The Kier molecular flexibility index (Phi) is 5.53. The van der Waals surface area contributed by atoms with Crippen molar-refractivity contribution in [2.75, 3.05) is 0 Å². The molecular formula is C20H19F5N4O.